The van der Waals surface area contributed by atoms with E-state index in [9.17, 15) is 13.6 Å². The first-order valence-corrected chi connectivity index (χ1v) is 9.98. The van der Waals surface area contributed by atoms with Crippen LogP contribution in [0.3, 0.4) is 0 Å². The van der Waals surface area contributed by atoms with E-state index in [1.54, 1.807) is 9.47 Å². The standard InChI is InChI=1S/C19H20BrF2N5O/c1-4-25-17(28)15-16(27-9-14(10(2)3)23-19(25)27)26(18(20)24-15)8-11-5-6-12(21)13(22)7-11/h5-7,10,14H,4,8-9H2,1-3H3/t14-/m0/s1. The molecule has 0 radical (unpaired) electrons. The van der Waals surface area contributed by atoms with Crippen LogP contribution in [0.15, 0.2) is 27.9 Å². The summed E-state index contributed by atoms with van der Waals surface area (Å²) in [6, 6.07) is 3.85. The summed E-state index contributed by atoms with van der Waals surface area (Å²) in [6.07, 6.45) is 0. The number of amides is 1. The molecule has 0 aliphatic carbocycles. The summed E-state index contributed by atoms with van der Waals surface area (Å²) >= 11 is 3.43. The minimum absolute atomic E-state index is 0.0631. The van der Waals surface area contributed by atoms with E-state index in [1.165, 1.54) is 6.07 Å². The zero-order valence-corrected chi connectivity index (χ0v) is 17.4. The number of fused-ring (bicyclic) bond motifs is 3. The summed E-state index contributed by atoms with van der Waals surface area (Å²) in [5.41, 5.74) is 0.905. The highest BCUT2D eigenvalue weighted by molar-refractivity contribution is 9.10. The maximum atomic E-state index is 13.7. The highest BCUT2D eigenvalue weighted by atomic mass is 79.9. The fourth-order valence-electron chi connectivity index (χ4n) is 3.58. The molecule has 1 aromatic heterocycles. The summed E-state index contributed by atoms with van der Waals surface area (Å²) < 4.78 is 29.2. The molecule has 0 fully saturated rings. The van der Waals surface area contributed by atoms with E-state index < -0.39 is 11.6 Å². The minimum atomic E-state index is -0.904. The summed E-state index contributed by atoms with van der Waals surface area (Å²) in [5, 5.41) is 0. The second kappa shape index (κ2) is 6.95. The van der Waals surface area contributed by atoms with Gasteiger partial charge in [0.05, 0.1) is 19.1 Å². The van der Waals surface area contributed by atoms with Crippen molar-refractivity contribution in [2.45, 2.75) is 33.4 Å². The molecule has 2 aromatic rings. The summed E-state index contributed by atoms with van der Waals surface area (Å²) in [4.78, 5) is 25.8. The number of carbonyl (C=O) groups excluding carboxylic acids is 1. The predicted molar refractivity (Wildman–Crippen MR) is 106 cm³/mol. The molecule has 0 N–H and O–H groups in total. The van der Waals surface area contributed by atoms with Crippen molar-refractivity contribution in [3.05, 3.63) is 45.8 Å². The molecule has 1 aromatic carbocycles. The molecule has 1 amide bonds. The van der Waals surface area contributed by atoms with E-state index in [1.807, 2.05) is 11.8 Å². The number of aromatic nitrogens is 2. The van der Waals surface area contributed by atoms with Gasteiger partial charge in [-0.3, -0.25) is 19.2 Å². The Bertz CT molecular complexity index is 987. The molecule has 2 aliphatic rings. The van der Waals surface area contributed by atoms with Crippen LogP contribution in [-0.4, -0.2) is 45.4 Å². The molecule has 0 spiro atoms. The van der Waals surface area contributed by atoms with Crippen molar-refractivity contribution in [2.24, 2.45) is 10.9 Å². The Hall–Kier alpha value is -2.29. The summed E-state index contributed by atoms with van der Waals surface area (Å²) in [7, 11) is 0. The smallest absolute Gasteiger partial charge is 0.283 e. The SMILES string of the molecule is CCN1C(=O)c2nc(Br)n(Cc3ccc(F)c(F)c3)c2N2C[C@@H](C(C)C)N=C12. The van der Waals surface area contributed by atoms with Crippen molar-refractivity contribution in [1.82, 2.24) is 14.5 Å². The molecule has 9 heteroatoms. The van der Waals surface area contributed by atoms with Gasteiger partial charge in [-0.2, -0.15) is 0 Å². The molecule has 0 saturated heterocycles. The van der Waals surface area contributed by atoms with Gasteiger partial charge in [-0.05, 0) is 46.5 Å². The Morgan fingerprint density at radius 2 is 2.04 bits per heavy atom. The zero-order valence-electron chi connectivity index (χ0n) is 15.8. The zero-order chi connectivity index (χ0) is 20.2. The number of guanidine groups is 1. The van der Waals surface area contributed by atoms with Gasteiger partial charge in [0, 0.05) is 6.54 Å². The Balaban J connectivity index is 1.80. The van der Waals surface area contributed by atoms with Crippen LogP contribution in [0.25, 0.3) is 0 Å². The van der Waals surface area contributed by atoms with E-state index in [0.29, 0.717) is 46.8 Å². The van der Waals surface area contributed by atoms with Gasteiger partial charge < -0.3 is 0 Å². The number of nitrogens with zero attached hydrogens (tertiary/aromatic N) is 5. The predicted octanol–water partition coefficient (Wildman–Crippen LogP) is 3.65. The Morgan fingerprint density at radius 3 is 2.68 bits per heavy atom. The van der Waals surface area contributed by atoms with Gasteiger partial charge in [0.2, 0.25) is 5.96 Å². The normalized spacial score (nSPS) is 18.6. The molecule has 6 nitrogen and oxygen atoms in total. The number of hydrogen-bond acceptors (Lipinski definition) is 4. The number of rotatable bonds is 4. The highest BCUT2D eigenvalue weighted by Crippen LogP contribution is 2.36. The number of hydrogen-bond donors (Lipinski definition) is 0. The van der Waals surface area contributed by atoms with Crippen LogP contribution in [0.1, 0.15) is 36.8 Å². The number of halogens is 3. The molecule has 0 bridgehead atoms. The van der Waals surface area contributed by atoms with Gasteiger partial charge in [-0.25, -0.2) is 18.8 Å². The van der Waals surface area contributed by atoms with Crippen LogP contribution in [-0.2, 0) is 6.54 Å². The number of anilines is 1. The molecule has 28 heavy (non-hydrogen) atoms. The van der Waals surface area contributed by atoms with Crippen LogP contribution >= 0.6 is 15.9 Å². The molecular weight excluding hydrogens is 432 g/mol. The molecule has 2 aliphatic heterocycles. The van der Waals surface area contributed by atoms with Gasteiger partial charge in [-0.1, -0.05) is 19.9 Å². The molecule has 148 valence electrons. The molecule has 0 saturated carbocycles. The maximum Gasteiger partial charge on any atom is 0.283 e. The Kier molecular flexibility index (Phi) is 4.73. The number of aliphatic imine (C=N–C) groups is 1. The largest absolute Gasteiger partial charge is 0.300 e. The van der Waals surface area contributed by atoms with Crippen molar-refractivity contribution in [3.63, 3.8) is 0 Å². The maximum absolute atomic E-state index is 13.7. The van der Waals surface area contributed by atoms with Crippen LogP contribution in [0, 0.1) is 17.6 Å². The van der Waals surface area contributed by atoms with Crippen molar-refractivity contribution < 1.29 is 13.6 Å². The summed E-state index contributed by atoms with van der Waals surface area (Å²) in [6.45, 7) is 7.47. The fourth-order valence-corrected chi connectivity index (χ4v) is 4.05. The molecule has 0 unspecified atom stereocenters. The average Bonchev–Trinajstić information content (AvgIpc) is 3.21. The lowest BCUT2D eigenvalue weighted by molar-refractivity contribution is 0.0841. The lowest BCUT2D eigenvalue weighted by atomic mass is 10.1. The molecular formula is C19H20BrF2N5O. The average molecular weight is 452 g/mol. The van der Waals surface area contributed by atoms with Gasteiger partial charge >= 0.3 is 0 Å². The van der Waals surface area contributed by atoms with Crippen LogP contribution in [0.5, 0.6) is 0 Å². The van der Waals surface area contributed by atoms with Crippen molar-refractivity contribution in [3.8, 4) is 0 Å². The summed E-state index contributed by atoms with van der Waals surface area (Å²) in [5.74, 6) is -0.425. The fraction of sp³-hybridized carbons (Fsp3) is 0.421. The van der Waals surface area contributed by atoms with E-state index >= 15 is 0 Å². The van der Waals surface area contributed by atoms with Crippen molar-refractivity contribution in [2.75, 3.05) is 18.0 Å². The molecule has 4 rings (SSSR count). The minimum Gasteiger partial charge on any atom is -0.300 e. The number of benzene rings is 1. The number of imidazole rings is 1. The second-order valence-electron chi connectivity index (χ2n) is 7.29. The second-order valence-corrected chi connectivity index (χ2v) is 8.00. The third kappa shape index (κ3) is 2.92. The van der Waals surface area contributed by atoms with Crippen LogP contribution in [0.2, 0.25) is 0 Å². The van der Waals surface area contributed by atoms with Gasteiger partial charge in [-0.15, -0.1) is 0 Å². The van der Waals surface area contributed by atoms with Crippen molar-refractivity contribution >= 4 is 33.6 Å². The van der Waals surface area contributed by atoms with E-state index in [-0.39, 0.29) is 18.5 Å². The van der Waals surface area contributed by atoms with E-state index in [2.05, 4.69) is 34.8 Å². The van der Waals surface area contributed by atoms with Gasteiger partial charge in [0.25, 0.3) is 5.91 Å². The quantitative estimate of drug-likeness (QED) is 0.712. The molecule has 1 atom stereocenters. The topological polar surface area (TPSA) is 53.7 Å². The van der Waals surface area contributed by atoms with Crippen molar-refractivity contribution in [1.29, 1.82) is 0 Å². The lowest BCUT2D eigenvalue weighted by Crippen LogP contribution is -2.50. The van der Waals surface area contributed by atoms with Crippen LogP contribution in [0.4, 0.5) is 14.6 Å². The first kappa shape index (κ1) is 19.0. The Labute approximate surface area is 170 Å². The van der Waals surface area contributed by atoms with Gasteiger partial charge in [0.15, 0.2) is 22.1 Å². The number of carbonyl (C=O) groups is 1. The van der Waals surface area contributed by atoms with Gasteiger partial charge in [0.1, 0.15) is 5.82 Å². The lowest BCUT2D eigenvalue weighted by Gasteiger charge is -2.33. The Morgan fingerprint density at radius 1 is 1.29 bits per heavy atom. The highest BCUT2D eigenvalue weighted by Gasteiger charge is 2.43. The monoisotopic (exact) mass is 451 g/mol. The van der Waals surface area contributed by atoms with Crippen LogP contribution < -0.4 is 4.90 Å². The first-order chi connectivity index (χ1) is 13.3. The van der Waals surface area contributed by atoms with E-state index in [4.69, 9.17) is 4.99 Å². The third-order valence-electron chi connectivity index (χ3n) is 5.14. The first-order valence-electron chi connectivity index (χ1n) is 9.19. The third-order valence-corrected chi connectivity index (χ3v) is 5.75. The molecule has 3 heterocycles. The van der Waals surface area contributed by atoms with E-state index in [0.717, 1.165) is 12.1 Å².